The van der Waals surface area contributed by atoms with Crippen molar-refractivity contribution in [3.05, 3.63) is 77.6 Å². The number of halogens is 1. The molecule has 0 radical (unpaired) electrons. The molecule has 110 valence electrons. The summed E-state index contributed by atoms with van der Waals surface area (Å²) in [5, 5.41) is 13.8. The number of phenols is 1. The summed E-state index contributed by atoms with van der Waals surface area (Å²) in [6.07, 6.45) is 6.33. The zero-order valence-electron chi connectivity index (χ0n) is 11.5. The number of aromatic hydroxyl groups is 1. The van der Waals surface area contributed by atoms with Crippen molar-refractivity contribution in [1.29, 1.82) is 0 Å². The van der Waals surface area contributed by atoms with E-state index < -0.39 is 11.6 Å². The van der Waals surface area contributed by atoms with Gasteiger partial charge in [-0.15, -0.1) is 0 Å². The summed E-state index contributed by atoms with van der Waals surface area (Å²) in [7, 11) is 0. The molecule has 5 nitrogen and oxygen atoms in total. The highest BCUT2D eigenvalue weighted by Gasteiger charge is 2.16. The van der Waals surface area contributed by atoms with E-state index in [2.05, 4.69) is 10.1 Å². The van der Waals surface area contributed by atoms with Gasteiger partial charge < -0.3 is 5.11 Å². The summed E-state index contributed by atoms with van der Waals surface area (Å²) in [6.45, 7) is 0.469. The van der Waals surface area contributed by atoms with Gasteiger partial charge in [0, 0.05) is 18.6 Å². The van der Waals surface area contributed by atoms with Gasteiger partial charge in [0.15, 0.2) is 5.78 Å². The Kier molecular flexibility index (Phi) is 3.65. The molecule has 22 heavy (non-hydrogen) atoms. The van der Waals surface area contributed by atoms with Gasteiger partial charge in [-0.25, -0.2) is 4.39 Å². The predicted octanol–water partition coefficient (Wildman–Crippen LogP) is 2.40. The first kappa shape index (κ1) is 13.9. The Balaban J connectivity index is 1.84. The van der Waals surface area contributed by atoms with Gasteiger partial charge in [-0.1, -0.05) is 6.07 Å². The molecule has 0 spiro atoms. The fraction of sp³-hybridized carbons (Fsp3) is 0.0625. The Hall–Kier alpha value is -3.02. The fourth-order valence-electron chi connectivity index (χ4n) is 2.09. The molecule has 0 aliphatic rings. The summed E-state index contributed by atoms with van der Waals surface area (Å²) < 4.78 is 14.8. The van der Waals surface area contributed by atoms with Crippen LogP contribution in [0.5, 0.6) is 5.75 Å². The van der Waals surface area contributed by atoms with Crippen LogP contribution in [0.4, 0.5) is 4.39 Å². The number of carbonyl (C=O) groups excluding carboxylic acids is 1. The van der Waals surface area contributed by atoms with Crippen LogP contribution >= 0.6 is 0 Å². The second-order valence-corrected chi connectivity index (χ2v) is 4.78. The van der Waals surface area contributed by atoms with Gasteiger partial charge in [-0.2, -0.15) is 5.10 Å². The number of aromatic nitrogens is 3. The predicted molar refractivity (Wildman–Crippen MR) is 77.1 cm³/mol. The van der Waals surface area contributed by atoms with Crippen molar-refractivity contribution in [3.8, 4) is 5.75 Å². The average molecular weight is 297 g/mol. The fourth-order valence-corrected chi connectivity index (χ4v) is 2.09. The van der Waals surface area contributed by atoms with E-state index in [1.807, 2.05) is 12.1 Å². The summed E-state index contributed by atoms with van der Waals surface area (Å²) >= 11 is 0. The van der Waals surface area contributed by atoms with Gasteiger partial charge in [0.1, 0.15) is 11.6 Å². The highest BCUT2D eigenvalue weighted by atomic mass is 19.1. The summed E-state index contributed by atoms with van der Waals surface area (Å²) in [4.78, 5) is 16.3. The van der Waals surface area contributed by atoms with Gasteiger partial charge in [-0.05, 0) is 29.8 Å². The van der Waals surface area contributed by atoms with Crippen molar-refractivity contribution >= 4 is 5.78 Å². The quantitative estimate of drug-likeness (QED) is 0.751. The molecule has 0 atom stereocenters. The van der Waals surface area contributed by atoms with E-state index in [9.17, 15) is 14.3 Å². The Morgan fingerprint density at radius 2 is 2.14 bits per heavy atom. The molecular formula is C16H12FN3O2. The largest absolute Gasteiger partial charge is 0.507 e. The zero-order valence-corrected chi connectivity index (χ0v) is 11.5. The Morgan fingerprint density at radius 1 is 1.27 bits per heavy atom. The molecule has 2 heterocycles. The van der Waals surface area contributed by atoms with Crippen LogP contribution in [0.3, 0.4) is 0 Å². The third kappa shape index (κ3) is 2.85. The number of benzene rings is 1. The highest BCUT2D eigenvalue weighted by molar-refractivity contribution is 6.10. The molecule has 0 fully saturated rings. The second-order valence-electron chi connectivity index (χ2n) is 4.78. The number of carbonyl (C=O) groups is 1. The van der Waals surface area contributed by atoms with E-state index in [1.54, 1.807) is 23.3 Å². The van der Waals surface area contributed by atoms with Gasteiger partial charge in [-0.3, -0.25) is 14.5 Å². The molecule has 2 aromatic heterocycles. The monoisotopic (exact) mass is 297 g/mol. The molecule has 0 saturated carbocycles. The lowest BCUT2D eigenvalue weighted by Gasteiger charge is -2.02. The Labute approximate surface area is 125 Å². The number of hydrogen-bond acceptors (Lipinski definition) is 4. The standard InChI is InChI=1S/C16H12FN3O2/c17-13-3-4-15(21)14(6-13)16(22)12-8-19-20(10-12)9-11-2-1-5-18-7-11/h1-8,10,21H,9H2. The van der Waals surface area contributed by atoms with Crippen LogP contribution in [-0.2, 0) is 6.54 Å². The Bertz CT molecular complexity index is 815. The molecule has 1 aromatic carbocycles. The maximum atomic E-state index is 13.2. The first-order valence-corrected chi connectivity index (χ1v) is 6.58. The third-order valence-electron chi connectivity index (χ3n) is 3.17. The molecule has 1 N–H and O–H groups in total. The van der Waals surface area contributed by atoms with Crippen LogP contribution < -0.4 is 0 Å². The van der Waals surface area contributed by atoms with Crippen LogP contribution in [0.1, 0.15) is 21.5 Å². The van der Waals surface area contributed by atoms with E-state index >= 15 is 0 Å². The minimum absolute atomic E-state index is 0.0825. The topological polar surface area (TPSA) is 68.0 Å². The number of phenolic OH excluding ortho intramolecular Hbond substituents is 1. The number of ketones is 1. The smallest absolute Gasteiger partial charge is 0.200 e. The number of hydrogen-bond donors (Lipinski definition) is 1. The summed E-state index contributed by atoms with van der Waals surface area (Å²) in [6, 6.07) is 6.97. The minimum Gasteiger partial charge on any atom is -0.507 e. The van der Waals surface area contributed by atoms with Gasteiger partial charge >= 0.3 is 0 Å². The van der Waals surface area contributed by atoms with E-state index in [0.717, 1.165) is 23.8 Å². The molecule has 0 aliphatic carbocycles. The van der Waals surface area contributed by atoms with Gasteiger partial charge in [0.05, 0.1) is 23.9 Å². The van der Waals surface area contributed by atoms with Gasteiger partial charge in [0.25, 0.3) is 0 Å². The molecule has 0 bridgehead atoms. The lowest BCUT2D eigenvalue weighted by molar-refractivity contribution is 0.103. The summed E-state index contributed by atoms with van der Waals surface area (Å²) in [5.41, 5.74) is 1.14. The number of nitrogens with zero attached hydrogens (tertiary/aromatic N) is 3. The lowest BCUT2D eigenvalue weighted by atomic mass is 10.1. The molecule has 0 aliphatic heterocycles. The molecule has 0 saturated heterocycles. The maximum Gasteiger partial charge on any atom is 0.200 e. The van der Waals surface area contributed by atoms with Crippen molar-refractivity contribution in [3.63, 3.8) is 0 Å². The van der Waals surface area contributed by atoms with Crippen LogP contribution in [0.2, 0.25) is 0 Å². The van der Waals surface area contributed by atoms with Crippen molar-refractivity contribution in [2.24, 2.45) is 0 Å². The number of rotatable bonds is 4. The second kappa shape index (κ2) is 5.77. The molecule has 3 rings (SSSR count). The average Bonchev–Trinajstić information content (AvgIpc) is 2.98. The van der Waals surface area contributed by atoms with Crippen molar-refractivity contribution < 1.29 is 14.3 Å². The molecule has 6 heteroatoms. The lowest BCUT2D eigenvalue weighted by Crippen LogP contribution is -2.02. The highest BCUT2D eigenvalue weighted by Crippen LogP contribution is 2.21. The van der Waals surface area contributed by atoms with Crippen LogP contribution in [-0.4, -0.2) is 25.7 Å². The van der Waals surface area contributed by atoms with Crippen molar-refractivity contribution in [2.45, 2.75) is 6.54 Å². The first-order chi connectivity index (χ1) is 10.6. The van der Waals surface area contributed by atoms with E-state index in [1.165, 1.54) is 6.20 Å². The molecule has 3 aromatic rings. The van der Waals surface area contributed by atoms with Crippen molar-refractivity contribution in [2.75, 3.05) is 0 Å². The third-order valence-corrected chi connectivity index (χ3v) is 3.17. The van der Waals surface area contributed by atoms with Crippen LogP contribution in [0, 0.1) is 5.82 Å². The molecule has 0 unspecified atom stereocenters. The molecular weight excluding hydrogens is 285 g/mol. The Morgan fingerprint density at radius 3 is 2.91 bits per heavy atom. The van der Waals surface area contributed by atoms with E-state index in [0.29, 0.717) is 6.54 Å². The van der Waals surface area contributed by atoms with E-state index in [-0.39, 0.29) is 16.9 Å². The zero-order chi connectivity index (χ0) is 15.5. The van der Waals surface area contributed by atoms with Crippen LogP contribution in [0.25, 0.3) is 0 Å². The normalized spacial score (nSPS) is 10.6. The van der Waals surface area contributed by atoms with Crippen molar-refractivity contribution in [1.82, 2.24) is 14.8 Å². The van der Waals surface area contributed by atoms with Crippen LogP contribution in [0.15, 0.2) is 55.1 Å². The van der Waals surface area contributed by atoms with E-state index in [4.69, 9.17) is 0 Å². The number of pyridine rings is 1. The molecule has 0 amide bonds. The van der Waals surface area contributed by atoms with Gasteiger partial charge in [0.2, 0.25) is 0 Å². The minimum atomic E-state index is -0.580. The SMILES string of the molecule is O=C(c1cnn(Cc2cccnc2)c1)c1cc(F)ccc1O. The first-order valence-electron chi connectivity index (χ1n) is 6.58. The maximum absolute atomic E-state index is 13.2. The summed E-state index contributed by atoms with van der Waals surface area (Å²) in [5.74, 6) is -1.32.